The summed E-state index contributed by atoms with van der Waals surface area (Å²) in [4.78, 5) is 0. The summed E-state index contributed by atoms with van der Waals surface area (Å²) in [5.41, 5.74) is -1.17. The number of nitrogens with zero attached hydrogens (tertiary/aromatic N) is 3. The van der Waals surface area contributed by atoms with E-state index in [9.17, 15) is 0 Å². The van der Waals surface area contributed by atoms with Crippen LogP contribution in [0.2, 0.25) is 0 Å². The third-order valence-corrected chi connectivity index (χ3v) is 1.88. The van der Waals surface area contributed by atoms with Crippen LogP contribution in [0.1, 0.15) is 15.1 Å². The molecule has 0 aliphatic rings. The van der Waals surface area contributed by atoms with Crippen LogP contribution in [0.5, 0.6) is 0 Å². The van der Waals surface area contributed by atoms with Crippen LogP contribution in [0, 0.1) is 0 Å². The Morgan fingerprint density at radius 2 is 1.53 bits per heavy atom. The summed E-state index contributed by atoms with van der Waals surface area (Å²) in [6.45, 7) is 0. The SMILES string of the molecule is [2H]c1c([2H])c([2H])c(-c2nnn(-c3c([2H])c([2H])c([2H])c([2H])c3[2H])c2[2H])c([2H])c1[2H]. The number of hydrogen-bond acceptors (Lipinski definition) is 2. The van der Waals surface area contributed by atoms with E-state index in [1.807, 2.05) is 0 Å². The van der Waals surface area contributed by atoms with Gasteiger partial charge in [0.05, 0.1) is 26.9 Å². The van der Waals surface area contributed by atoms with Crippen LogP contribution in [-0.2, 0) is 0 Å². The fourth-order valence-electron chi connectivity index (χ4n) is 1.16. The van der Waals surface area contributed by atoms with E-state index in [2.05, 4.69) is 10.3 Å². The van der Waals surface area contributed by atoms with E-state index in [0.29, 0.717) is 4.68 Å². The Morgan fingerprint density at radius 3 is 2.24 bits per heavy atom. The van der Waals surface area contributed by atoms with E-state index in [0.717, 1.165) is 0 Å². The molecule has 0 radical (unpaired) electrons. The highest BCUT2D eigenvalue weighted by atomic mass is 15.4. The molecule has 0 fully saturated rings. The molecule has 0 N–H and O–H groups in total. The first kappa shape index (κ1) is 3.53. The number of hydrogen-bond donors (Lipinski definition) is 0. The molecule has 2 aromatic carbocycles. The van der Waals surface area contributed by atoms with E-state index in [1.54, 1.807) is 0 Å². The van der Waals surface area contributed by atoms with Crippen LogP contribution < -0.4 is 0 Å². The molecular weight excluding hydrogens is 210 g/mol. The molecular formula is C14H11N3. The lowest BCUT2D eigenvalue weighted by Crippen LogP contribution is -1.93. The monoisotopic (exact) mass is 232 g/mol. The van der Waals surface area contributed by atoms with E-state index in [-0.39, 0.29) is 11.3 Å². The lowest BCUT2D eigenvalue weighted by atomic mass is 10.2. The van der Waals surface area contributed by atoms with Gasteiger partial charge in [0.15, 0.2) is 0 Å². The van der Waals surface area contributed by atoms with Gasteiger partial charge in [0.2, 0.25) is 0 Å². The van der Waals surface area contributed by atoms with Gasteiger partial charge in [0.1, 0.15) is 5.69 Å². The second kappa shape index (κ2) is 4.22. The summed E-state index contributed by atoms with van der Waals surface area (Å²) in [5, 5.41) is 7.32. The minimum Gasteiger partial charge on any atom is -0.220 e. The zero-order valence-corrected chi connectivity index (χ0v) is 8.34. The molecule has 0 unspecified atom stereocenters. The maximum absolute atomic E-state index is 8.24. The van der Waals surface area contributed by atoms with Crippen molar-refractivity contribution in [2.24, 2.45) is 0 Å². The summed E-state index contributed by atoms with van der Waals surface area (Å²) in [5.74, 6) is 0. The first-order chi connectivity index (χ1) is 13.0. The second-order valence-corrected chi connectivity index (χ2v) is 2.94. The quantitative estimate of drug-likeness (QED) is 0.680. The molecule has 0 aliphatic heterocycles. The van der Waals surface area contributed by atoms with Crippen molar-refractivity contribution >= 4 is 0 Å². The fourth-order valence-corrected chi connectivity index (χ4v) is 1.16. The first-order valence-electron chi connectivity index (χ1n) is 10.1. The summed E-state index contributed by atoms with van der Waals surface area (Å²) in [6.07, 6.45) is -0.586. The Hall–Kier alpha value is -2.42. The van der Waals surface area contributed by atoms with Crippen LogP contribution in [0.4, 0.5) is 0 Å². The lowest BCUT2D eigenvalue weighted by molar-refractivity contribution is 0.804. The highest BCUT2D eigenvalue weighted by molar-refractivity contribution is 5.57. The molecule has 0 saturated heterocycles. The molecule has 0 aliphatic carbocycles. The third-order valence-electron chi connectivity index (χ3n) is 1.88. The zero-order valence-electron chi connectivity index (χ0n) is 19.3. The van der Waals surface area contributed by atoms with Crippen molar-refractivity contribution in [3.63, 3.8) is 0 Å². The van der Waals surface area contributed by atoms with Crippen molar-refractivity contribution in [3.05, 3.63) is 66.6 Å². The molecule has 3 heteroatoms. The zero-order chi connectivity index (χ0) is 21.1. The predicted molar refractivity (Wildman–Crippen MR) is 66.8 cm³/mol. The van der Waals surface area contributed by atoms with Crippen LogP contribution >= 0.6 is 0 Å². The smallest absolute Gasteiger partial charge is 0.113 e. The van der Waals surface area contributed by atoms with Crippen LogP contribution in [0.3, 0.4) is 0 Å². The second-order valence-electron chi connectivity index (χ2n) is 2.94. The Kier molecular flexibility index (Phi) is 0.876. The van der Waals surface area contributed by atoms with Crippen molar-refractivity contribution in [3.8, 4) is 16.9 Å². The molecule has 0 bridgehead atoms. The maximum atomic E-state index is 8.24. The fraction of sp³-hybridized carbons (Fsp3) is 0. The molecule has 1 heterocycles. The van der Waals surface area contributed by atoms with Crippen molar-refractivity contribution in [2.45, 2.75) is 0 Å². The van der Waals surface area contributed by atoms with E-state index >= 15 is 0 Å². The molecule has 3 aromatic rings. The summed E-state index contributed by atoms with van der Waals surface area (Å²) >= 11 is 0. The van der Waals surface area contributed by atoms with Crippen molar-refractivity contribution < 1.29 is 15.1 Å². The van der Waals surface area contributed by atoms with Gasteiger partial charge in [-0.2, -0.15) is 0 Å². The Bertz CT molecular complexity index is 994. The number of benzene rings is 2. The molecule has 82 valence electrons. The summed E-state index contributed by atoms with van der Waals surface area (Å²) in [7, 11) is 0. The van der Waals surface area contributed by atoms with Crippen LogP contribution in [0.25, 0.3) is 16.9 Å². The Balaban J connectivity index is 2.33. The van der Waals surface area contributed by atoms with E-state index in [4.69, 9.17) is 15.1 Å². The van der Waals surface area contributed by atoms with Gasteiger partial charge in [-0.25, -0.2) is 4.68 Å². The minimum absolute atomic E-state index is 0.366. The van der Waals surface area contributed by atoms with Gasteiger partial charge < -0.3 is 0 Å². The number of aromatic nitrogens is 3. The average molecular weight is 232 g/mol. The molecule has 3 nitrogen and oxygen atoms in total. The molecule has 17 heavy (non-hydrogen) atoms. The molecule has 0 spiro atoms. The third kappa shape index (κ3) is 1.95. The van der Waals surface area contributed by atoms with Gasteiger partial charge in [-0.15, -0.1) is 5.10 Å². The Labute approximate surface area is 115 Å². The van der Waals surface area contributed by atoms with Gasteiger partial charge in [-0.05, 0) is 12.1 Å². The van der Waals surface area contributed by atoms with Crippen LogP contribution in [0.15, 0.2) is 66.6 Å². The molecule has 1 aromatic heterocycles. The maximum Gasteiger partial charge on any atom is 0.113 e. The molecule has 0 amide bonds. The average Bonchev–Trinajstić information content (AvgIpc) is 3.03. The van der Waals surface area contributed by atoms with Gasteiger partial charge in [-0.3, -0.25) is 0 Å². The van der Waals surface area contributed by atoms with Gasteiger partial charge in [0.25, 0.3) is 0 Å². The van der Waals surface area contributed by atoms with Crippen molar-refractivity contribution in [1.29, 1.82) is 0 Å². The van der Waals surface area contributed by atoms with Crippen molar-refractivity contribution in [1.82, 2.24) is 15.0 Å². The van der Waals surface area contributed by atoms with Gasteiger partial charge >= 0.3 is 0 Å². The number of para-hydroxylation sites is 1. The first-order valence-corrected chi connectivity index (χ1v) is 4.57. The molecule has 0 atom stereocenters. The van der Waals surface area contributed by atoms with Crippen LogP contribution in [-0.4, -0.2) is 15.0 Å². The molecule has 3 rings (SSSR count). The molecule has 0 saturated carbocycles. The highest BCUT2D eigenvalue weighted by Crippen LogP contribution is 2.16. The number of rotatable bonds is 2. The normalized spacial score (nSPS) is 19.4. The topological polar surface area (TPSA) is 30.7 Å². The lowest BCUT2D eigenvalue weighted by Gasteiger charge is -1.97. The summed E-state index contributed by atoms with van der Waals surface area (Å²) < 4.78 is 86.9. The van der Waals surface area contributed by atoms with Gasteiger partial charge in [0, 0.05) is 5.56 Å². The largest absolute Gasteiger partial charge is 0.220 e. The standard InChI is InChI=1S/C14H11N3/c1-3-7-12(8-4-1)14-11-17(16-15-14)13-9-5-2-6-10-13/h1-11H/i1D,2D,3D,4D,5D,6D,7D,8D,9D,10D,11D. The highest BCUT2D eigenvalue weighted by Gasteiger charge is 2.03. The van der Waals surface area contributed by atoms with Gasteiger partial charge in [-0.1, -0.05) is 53.6 Å². The van der Waals surface area contributed by atoms with E-state index < -0.39 is 72.3 Å². The summed E-state index contributed by atoms with van der Waals surface area (Å²) in [6, 6.07) is -6.13. The minimum atomic E-state index is -0.629. The Morgan fingerprint density at radius 1 is 0.882 bits per heavy atom. The predicted octanol–water partition coefficient (Wildman–Crippen LogP) is 2.93. The van der Waals surface area contributed by atoms with E-state index in [1.165, 1.54) is 0 Å². The van der Waals surface area contributed by atoms with Crippen molar-refractivity contribution in [2.75, 3.05) is 0 Å².